The van der Waals surface area contributed by atoms with E-state index in [1.165, 1.54) is 17.0 Å². The van der Waals surface area contributed by atoms with Crippen LogP contribution in [0.4, 0.5) is 11.4 Å². The summed E-state index contributed by atoms with van der Waals surface area (Å²) in [6.07, 6.45) is 1.55. The maximum atomic E-state index is 13.8. The molecule has 1 aliphatic heterocycles. The van der Waals surface area contributed by atoms with Crippen LogP contribution in [0.3, 0.4) is 0 Å². The van der Waals surface area contributed by atoms with E-state index in [0.29, 0.717) is 27.7 Å². The first-order valence-corrected chi connectivity index (χ1v) is 13.9. The van der Waals surface area contributed by atoms with Crippen LogP contribution in [0.25, 0.3) is 34.3 Å². The fourth-order valence-corrected chi connectivity index (χ4v) is 5.47. The predicted molar refractivity (Wildman–Crippen MR) is 171 cm³/mol. The highest BCUT2D eigenvalue weighted by Gasteiger charge is 2.35. The average molecular weight is 605 g/mol. The number of amides is 2. The summed E-state index contributed by atoms with van der Waals surface area (Å²) in [5, 5.41) is 14.4. The SMILES string of the molecule is O=C1NC(=S)N(c2cccc(Cl)c2)C(=O)/C1=C/c1cc(-c2ccccc2)n(-c2ccc([N+](=O)[O-])cc2)c1-c1ccccc1. The molecule has 210 valence electrons. The fraction of sp³-hybridized carbons (Fsp3) is 0. The van der Waals surface area contributed by atoms with E-state index in [4.69, 9.17) is 23.8 Å². The van der Waals surface area contributed by atoms with Crippen LogP contribution >= 0.6 is 23.8 Å². The van der Waals surface area contributed by atoms with Crippen LogP contribution < -0.4 is 10.2 Å². The van der Waals surface area contributed by atoms with Gasteiger partial charge in [-0.25, -0.2) is 0 Å². The Kier molecular flexibility index (Phi) is 7.41. The minimum absolute atomic E-state index is 0.0395. The van der Waals surface area contributed by atoms with Crippen molar-refractivity contribution in [2.24, 2.45) is 0 Å². The van der Waals surface area contributed by atoms with Crippen molar-refractivity contribution in [1.82, 2.24) is 9.88 Å². The van der Waals surface area contributed by atoms with Gasteiger partial charge in [-0.15, -0.1) is 0 Å². The van der Waals surface area contributed by atoms with Gasteiger partial charge in [0.25, 0.3) is 17.5 Å². The van der Waals surface area contributed by atoms with E-state index >= 15 is 0 Å². The van der Waals surface area contributed by atoms with E-state index < -0.39 is 16.7 Å². The Morgan fingerprint density at radius 1 is 0.791 bits per heavy atom. The van der Waals surface area contributed by atoms with Gasteiger partial charge in [0.1, 0.15) is 5.57 Å². The number of hydrogen-bond donors (Lipinski definition) is 1. The van der Waals surface area contributed by atoms with Crippen molar-refractivity contribution < 1.29 is 14.5 Å². The van der Waals surface area contributed by atoms with E-state index in [1.807, 2.05) is 71.3 Å². The summed E-state index contributed by atoms with van der Waals surface area (Å²) >= 11 is 11.5. The minimum atomic E-state index is -0.628. The fourth-order valence-electron chi connectivity index (χ4n) is 5.01. The predicted octanol–water partition coefficient (Wildman–Crippen LogP) is 7.20. The second-order valence-electron chi connectivity index (χ2n) is 9.61. The number of halogens is 1. The molecule has 1 fully saturated rings. The first kappa shape index (κ1) is 27.8. The Morgan fingerprint density at radius 2 is 1.44 bits per heavy atom. The summed E-state index contributed by atoms with van der Waals surface area (Å²) in [6.45, 7) is 0. The second kappa shape index (κ2) is 11.5. The third-order valence-electron chi connectivity index (χ3n) is 6.93. The van der Waals surface area contributed by atoms with E-state index in [9.17, 15) is 19.7 Å². The number of nitrogens with one attached hydrogen (secondary N) is 1. The molecule has 8 nitrogen and oxygen atoms in total. The zero-order valence-corrected chi connectivity index (χ0v) is 23.9. The smallest absolute Gasteiger partial charge is 0.270 e. The van der Waals surface area contributed by atoms with Gasteiger partial charge in [-0.05, 0) is 65.8 Å². The number of hydrogen-bond acceptors (Lipinski definition) is 5. The zero-order valence-electron chi connectivity index (χ0n) is 22.3. The van der Waals surface area contributed by atoms with Gasteiger partial charge >= 0.3 is 0 Å². The lowest BCUT2D eigenvalue weighted by atomic mass is 10.0. The van der Waals surface area contributed by atoms with Crippen molar-refractivity contribution in [3.8, 4) is 28.2 Å². The van der Waals surface area contributed by atoms with Crippen molar-refractivity contribution in [3.63, 3.8) is 0 Å². The number of aromatic nitrogens is 1. The van der Waals surface area contributed by atoms with E-state index in [1.54, 1.807) is 42.5 Å². The van der Waals surface area contributed by atoms with Crippen LogP contribution in [0.15, 0.2) is 121 Å². The molecule has 4 aromatic carbocycles. The molecule has 5 aromatic rings. The maximum absolute atomic E-state index is 13.8. The normalized spacial score (nSPS) is 14.2. The first-order valence-electron chi connectivity index (χ1n) is 13.1. The third-order valence-corrected chi connectivity index (χ3v) is 7.45. The number of benzene rings is 4. The molecule has 0 radical (unpaired) electrons. The van der Waals surface area contributed by atoms with Crippen molar-refractivity contribution in [2.45, 2.75) is 0 Å². The molecule has 0 saturated carbocycles. The minimum Gasteiger partial charge on any atom is -0.309 e. The molecule has 1 aromatic heterocycles. The molecule has 1 aliphatic rings. The second-order valence-corrected chi connectivity index (χ2v) is 10.4. The highest BCUT2D eigenvalue weighted by atomic mass is 35.5. The summed E-state index contributed by atoms with van der Waals surface area (Å²) in [7, 11) is 0. The Morgan fingerprint density at radius 3 is 2.07 bits per heavy atom. The summed E-state index contributed by atoms with van der Waals surface area (Å²) in [4.78, 5) is 39.2. The molecule has 1 saturated heterocycles. The molecule has 1 N–H and O–H groups in total. The molecule has 10 heteroatoms. The molecule has 6 rings (SSSR count). The van der Waals surface area contributed by atoms with E-state index in [2.05, 4.69) is 5.32 Å². The van der Waals surface area contributed by atoms with Gasteiger partial charge in [0.15, 0.2) is 5.11 Å². The molecule has 0 unspecified atom stereocenters. The van der Waals surface area contributed by atoms with Crippen molar-refractivity contribution >= 4 is 58.2 Å². The number of carbonyl (C=O) groups is 2. The van der Waals surface area contributed by atoms with Crippen LogP contribution in [0.5, 0.6) is 0 Å². The lowest BCUT2D eigenvalue weighted by Crippen LogP contribution is -2.54. The van der Waals surface area contributed by atoms with Gasteiger partial charge < -0.3 is 4.57 Å². The highest BCUT2D eigenvalue weighted by Crippen LogP contribution is 2.38. The molecule has 0 aliphatic carbocycles. The van der Waals surface area contributed by atoms with Crippen LogP contribution in [-0.2, 0) is 9.59 Å². The van der Waals surface area contributed by atoms with Crippen LogP contribution in [0.1, 0.15) is 5.56 Å². The third kappa shape index (κ3) is 5.34. The molecule has 0 atom stereocenters. The number of nitro groups is 1. The summed E-state index contributed by atoms with van der Waals surface area (Å²) < 4.78 is 1.96. The molecule has 43 heavy (non-hydrogen) atoms. The van der Waals surface area contributed by atoms with Crippen molar-refractivity contribution in [1.29, 1.82) is 0 Å². The van der Waals surface area contributed by atoms with Gasteiger partial charge in [0.2, 0.25) is 0 Å². The molecular formula is C33H21ClN4O4S. The average Bonchev–Trinajstić information content (AvgIpc) is 3.39. The Hall–Kier alpha value is -5.38. The van der Waals surface area contributed by atoms with Crippen molar-refractivity contribution in [3.05, 3.63) is 142 Å². The van der Waals surface area contributed by atoms with Crippen molar-refractivity contribution in [2.75, 3.05) is 4.90 Å². The summed E-state index contributed by atoms with van der Waals surface area (Å²) in [5.41, 5.74) is 4.62. The molecular weight excluding hydrogens is 584 g/mol. The van der Waals surface area contributed by atoms with Gasteiger partial charge in [-0.3, -0.25) is 29.9 Å². The Labute approximate surface area is 256 Å². The lowest BCUT2D eigenvalue weighted by Gasteiger charge is -2.29. The number of nitrogens with zero attached hydrogens (tertiary/aromatic N) is 3. The largest absolute Gasteiger partial charge is 0.309 e. The number of thiocarbonyl (C=S) groups is 1. The maximum Gasteiger partial charge on any atom is 0.270 e. The van der Waals surface area contributed by atoms with Crippen LogP contribution in [0, 0.1) is 10.1 Å². The molecule has 2 heterocycles. The van der Waals surface area contributed by atoms with Crippen LogP contribution in [0.2, 0.25) is 5.02 Å². The molecule has 0 spiro atoms. The Balaban J connectivity index is 1.60. The molecule has 0 bridgehead atoms. The number of carbonyl (C=O) groups excluding carboxylic acids is 2. The lowest BCUT2D eigenvalue weighted by molar-refractivity contribution is -0.384. The number of non-ortho nitro benzene ring substituents is 1. The monoisotopic (exact) mass is 604 g/mol. The van der Waals surface area contributed by atoms with Gasteiger partial charge in [0, 0.05) is 28.4 Å². The number of nitro benzene ring substituents is 1. The first-order chi connectivity index (χ1) is 20.8. The number of rotatable bonds is 6. The zero-order chi connectivity index (χ0) is 30.1. The topological polar surface area (TPSA) is 97.5 Å². The summed E-state index contributed by atoms with van der Waals surface area (Å²) in [5.74, 6) is -1.23. The standard InChI is InChI=1S/C33H21ClN4O4S/c34-24-12-7-13-27(20-24)37-32(40)28(31(39)35-33(37)43)18-23-19-29(21-8-3-1-4-9-21)36(30(23)22-10-5-2-6-11-22)25-14-16-26(17-15-25)38(41)42/h1-20H,(H,35,39,43)/b28-18+. The van der Waals surface area contributed by atoms with Gasteiger partial charge in [0.05, 0.1) is 22.0 Å². The van der Waals surface area contributed by atoms with Crippen LogP contribution in [-0.4, -0.2) is 26.4 Å². The van der Waals surface area contributed by atoms with E-state index in [-0.39, 0.29) is 16.4 Å². The van der Waals surface area contributed by atoms with E-state index in [0.717, 1.165) is 16.8 Å². The summed E-state index contributed by atoms with van der Waals surface area (Å²) in [6, 6.07) is 33.9. The van der Waals surface area contributed by atoms with Gasteiger partial charge in [-0.2, -0.15) is 0 Å². The quantitative estimate of drug-likeness (QED) is 0.0726. The Bertz CT molecular complexity index is 1940. The molecule has 2 amide bonds. The highest BCUT2D eigenvalue weighted by molar-refractivity contribution is 7.80. The number of anilines is 1. The van der Waals surface area contributed by atoms with Gasteiger partial charge in [-0.1, -0.05) is 78.3 Å².